The van der Waals surface area contributed by atoms with Gasteiger partial charge in [0.15, 0.2) is 0 Å². The minimum Gasteiger partial charge on any atom is -0.306 e. The highest BCUT2D eigenvalue weighted by Gasteiger charge is 2.17. The van der Waals surface area contributed by atoms with Gasteiger partial charge in [0.1, 0.15) is 5.82 Å². The number of nitrogens with zero attached hydrogens (tertiary/aromatic N) is 1. The van der Waals surface area contributed by atoms with E-state index >= 15 is 0 Å². The van der Waals surface area contributed by atoms with Crippen LogP contribution in [0.1, 0.15) is 30.5 Å². The highest BCUT2D eigenvalue weighted by molar-refractivity contribution is 9.11. The van der Waals surface area contributed by atoms with E-state index in [2.05, 4.69) is 49.1 Å². The molecular weight excluding hydrogens is 387 g/mol. The summed E-state index contributed by atoms with van der Waals surface area (Å²) >= 11 is 7.01. The van der Waals surface area contributed by atoms with E-state index in [9.17, 15) is 4.39 Å². The molecule has 0 aliphatic rings. The molecule has 20 heavy (non-hydrogen) atoms. The standard InChI is InChI=1S/C15H15Br2FN2/c1-2-5-20-15(10-6-12(18)9-19-8-10)13-4-3-11(16)7-14(13)17/h3-4,6-9,15,20H,2,5H2,1H3. The van der Waals surface area contributed by atoms with Gasteiger partial charge in [-0.05, 0) is 42.3 Å². The van der Waals surface area contributed by atoms with Crippen LogP contribution in [-0.4, -0.2) is 11.5 Å². The zero-order valence-corrected chi connectivity index (χ0v) is 14.2. The summed E-state index contributed by atoms with van der Waals surface area (Å²) in [6.45, 7) is 2.95. The van der Waals surface area contributed by atoms with Crippen LogP contribution in [-0.2, 0) is 0 Å². The number of halogens is 3. The van der Waals surface area contributed by atoms with Gasteiger partial charge in [-0.2, -0.15) is 0 Å². The van der Waals surface area contributed by atoms with E-state index in [0.29, 0.717) is 0 Å². The molecule has 106 valence electrons. The van der Waals surface area contributed by atoms with Gasteiger partial charge in [-0.15, -0.1) is 0 Å². The van der Waals surface area contributed by atoms with E-state index in [4.69, 9.17) is 0 Å². The third kappa shape index (κ3) is 3.87. The molecule has 0 saturated carbocycles. The Labute approximate surface area is 135 Å². The van der Waals surface area contributed by atoms with Gasteiger partial charge in [0.25, 0.3) is 0 Å². The monoisotopic (exact) mass is 400 g/mol. The summed E-state index contributed by atoms with van der Waals surface area (Å²) < 4.78 is 15.4. The lowest BCUT2D eigenvalue weighted by Gasteiger charge is -2.20. The molecule has 1 heterocycles. The highest BCUT2D eigenvalue weighted by Crippen LogP contribution is 2.30. The third-order valence-corrected chi connectivity index (χ3v) is 4.11. The molecule has 0 radical (unpaired) electrons. The molecule has 5 heteroatoms. The topological polar surface area (TPSA) is 24.9 Å². The number of aromatic nitrogens is 1. The van der Waals surface area contributed by atoms with Crippen LogP contribution in [0.5, 0.6) is 0 Å². The van der Waals surface area contributed by atoms with E-state index < -0.39 is 0 Å². The van der Waals surface area contributed by atoms with E-state index in [1.807, 2.05) is 18.2 Å². The molecule has 0 spiro atoms. The Hall–Kier alpha value is -0.780. The fraction of sp³-hybridized carbons (Fsp3) is 0.267. The number of benzene rings is 1. The summed E-state index contributed by atoms with van der Waals surface area (Å²) in [5.74, 6) is -0.320. The summed E-state index contributed by atoms with van der Waals surface area (Å²) in [5, 5.41) is 3.44. The molecule has 0 aliphatic heterocycles. The maximum Gasteiger partial charge on any atom is 0.141 e. The van der Waals surface area contributed by atoms with Gasteiger partial charge < -0.3 is 5.32 Å². The second kappa shape index (κ2) is 7.29. The highest BCUT2D eigenvalue weighted by atomic mass is 79.9. The van der Waals surface area contributed by atoms with Crippen molar-refractivity contribution in [2.24, 2.45) is 0 Å². The maximum absolute atomic E-state index is 13.4. The van der Waals surface area contributed by atoms with Crippen LogP contribution in [0.3, 0.4) is 0 Å². The number of nitrogens with one attached hydrogen (secondary N) is 1. The molecule has 1 atom stereocenters. The van der Waals surface area contributed by atoms with Gasteiger partial charge >= 0.3 is 0 Å². The SMILES string of the molecule is CCCNC(c1cncc(F)c1)c1ccc(Br)cc1Br. The number of hydrogen-bond acceptors (Lipinski definition) is 2. The van der Waals surface area contributed by atoms with Crippen LogP contribution in [0.25, 0.3) is 0 Å². The zero-order chi connectivity index (χ0) is 14.5. The predicted molar refractivity (Wildman–Crippen MR) is 86.2 cm³/mol. The summed E-state index contributed by atoms with van der Waals surface area (Å²) in [6.07, 6.45) is 3.93. The lowest BCUT2D eigenvalue weighted by molar-refractivity contribution is 0.579. The normalized spacial score (nSPS) is 12.4. The molecule has 0 fully saturated rings. The molecule has 0 saturated heterocycles. The molecule has 2 aromatic rings. The molecular formula is C15H15Br2FN2. The first-order valence-corrected chi connectivity index (χ1v) is 7.99. The summed E-state index contributed by atoms with van der Waals surface area (Å²) in [4.78, 5) is 3.95. The van der Waals surface area contributed by atoms with E-state index in [0.717, 1.165) is 33.0 Å². The molecule has 0 amide bonds. The van der Waals surface area contributed by atoms with E-state index in [1.54, 1.807) is 6.20 Å². The first-order chi connectivity index (χ1) is 9.61. The smallest absolute Gasteiger partial charge is 0.141 e. The van der Waals surface area contributed by atoms with Crippen LogP contribution in [0.4, 0.5) is 4.39 Å². The second-order valence-corrected chi connectivity index (χ2v) is 6.26. The summed E-state index contributed by atoms with van der Waals surface area (Å²) in [7, 11) is 0. The van der Waals surface area contributed by atoms with Gasteiger partial charge in [-0.1, -0.05) is 44.8 Å². The third-order valence-electron chi connectivity index (χ3n) is 2.93. The number of rotatable bonds is 5. The largest absolute Gasteiger partial charge is 0.306 e. The predicted octanol–water partition coefficient (Wildman–Crippen LogP) is 4.83. The van der Waals surface area contributed by atoms with Crippen molar-refractivity contribution in [2.75, 3.05) is 6.54 Å². The minimum atomic E-state index is -0.320. The van der Waals surface area contributed by atoms with Crippen molar-refractivity contribution in [3.05, 3.63) is 62.5 Å². The van der Waals surface area contributed by atoms with Crippen LogP contribution < -0.4 is 5.32 Å². The van der Waals surface area contributed by atoms with Crippen molar-refractivity contribution in [1.29, 1.82) is 0 Å². The van der Waals surface area contributed by atoms with Gasteiger partial charge in [0.05, 0.1) is 12.2 Å². The lowest BCUT2D eigenvalue weighted by atomic mass is 10.00. The molecule has 1 unspecified atom stereocenters. The number of hydrogen-bond donors (Lipinski definition) is 1. The van der Waals surface area contributed by atoms with Crippen molar-refractivity contribution < 1.29 is 4.39 Å². The van der Waals surface area contributed by atoms with Crippen molar-refractivity contribution in [1.82, 2.24) is 10.3 Å². The molecule has 2 rings (SSSR count). The zero-order valence-electron chi connectivity index (χ0n) is 11.0. The van der Waals surface area contributed by atoms with Crippen LogP contribution in [0, 0.1) is 5.82 Å². The van der Waals surface area contributed by atoms with Gasteiger partial charge in [-0.25, -0.2) is 4.39 Å². The molecule has 2 nitrogen and oxygen atoms in total. The van der Waals surface area contributed by atoms with Crippen molar-refractivity contribution >= 4 is 31.9 Å². The Bertz CT molecular complexity index is 590. The van der Waals surface area contributed by atoms with Crippen molar-refractivity contribution in [3.8, 4) is 0 Å². The average Bonchev–Trinajstić information content (AvgIpc) is 2.41. The molecule has 0 aliphatic carbocycles. The summed E-state index contributed by atoms with van der Waals surface area (Å²) in [5.41, 5.74) is 1.88. The minimum absolute atomic E-state index is 0.0828. The maximum atomic E-state index is 13.4. The Kier molecular flexibility index (Phi) is 5.69. The van der Waals surface area contributed by atoms with Gasteiger partial charge in [-0.3, -0.25) is 4.98 Å². The Morgan fingerprint density at radius 2 is 2.05 bits per heavy atom. The number of pyridine rings is 1. The fourth-order valence-corrected chi connectivity index (χ4v) is 3.29. The van der Waals surface area contributed by atoms with Crippen molar-refractivity contribution in [3.63, 3.8) is 0 Å². The van der Waals surface area contributed by atoms with Crippen LogP contribution >= 0.6 is 31.9 Å². The van der Waals surface area contributed by atoms with Gasteiger partial charge in [0.2, 0.25) is 0 Å². The van der Waals surface area contributed by atoms with Gasteiger partial charge in [0, 0.05) is 15.1 Å². The van der Waals surface area contributed by atoms with E-state index in [-0.39, 0.29) is 11.9 Å². The molecule has 1 aromatic carbocycles. The molecule has 0 bridgehead atoms. The molecule has 1 aromatic heterocycles. The van der Waals surface area contributed by atoms with Crippen LogP contribution in [0.2, 0.25) is 0 Å². The average molecular weight is 402 g/mol. The van der Waals surface area contributed by atoms with Crippen LogP contribution in [0.15, 0.2) is 45.6 Å². The first kappa shape index (κ1) is 15.6. The second-order valence-electron chi connectivity index (χ2n) is 4.49. The Morgan fingerprint density at radius 1 is 1.25 bits per heavy atom. The Morgan fingerprint density at radius 3 is 2.70 bits per heavy atom. The lowest BCUT2D eigenvalue weighted by Crippen LogP contribution is -2.23. The summed E-state index contributed by atoms with van der Waals surface area (Å²) in [6, 6.07) is 7.43. The molecule has 1 N–H and O–H groups in total. The Balaban J connectivity index is 2.41. The fourth-order valence-electron chi connectivity index (χ4n) is 2.02. The van der Waals surface area contributed by atoms with Crippen molar-refractivity contribution in [2.45, 2.75) is 19.4 Å². The van der Waals surface area contributed by atoms with E-state index in [1.165, 1.54) is 12.3 Å². The quantitative estimate of drug-likeness (QED) is 0.775. The first-order valence-electron chi connectivity index (χ1n) is 6.40.